The number of unbranched alkanes of at least 4 members (excludes halogenated alkanes) is 1. The second-order valence-corrected chi connectivity index (χ2v) is 7.71. The molecule has 172 valence electrons. The van der Waals surface area contributed by atoms with Crippen molar-refractivity contribution in [3.8, 4) is 0 Å². The molecule has 1 N–H and O–H groups in total. The van der Waals surface area contributed by atoms with Gasteiger partial charge < -0.3 is 10.1 Å². The number of hydrogen-bond acceptors (Lipinski definition) is 6. The lowest BCUT2D eigenvalue weighted by Gasteiger charge is -2.10. The van der Waals surface area contributed by atoms with Gasteiger partial charge in [-0.2, -0.15) is 5.10 Å². The smallest absolute Gasteiger partial charge is 0.359 e. The molecule has 0 atom stereocenters. The number of carbonyl (C=O) groups excluding carboxylic acids is 3. The molecule has 0 aliphatic rings. The monoisotopic (exact) mass is 449 g/mol. The van der Waals surface area contributed by atoms with Gasteiger partial charge in [0.1, 0.15) is 0 Å². The lowest BCUT2D eigenvalue weighted by atomic mass is 10.1. The number of ether oxygens (including phenoxy) is 1. The summed E-state index contributed by atoms with van der Waals surface area (Å²) in [7, 11) is 0. The first kappa shape index (κ1) is 23.8. The van der Waals surface area contributed by atoms with Crippen molar-refractivity contribution in [2.45, 2.75) is 39.7 Å². The van der Waals surface area contributed by atoms with Gasteiger partial charge in [-0.3, -0.25) is 14.4 Å². The number of ketones is 1. The first-order valence-electron chi connectivity index (χ1n) is 10.9. The highest BCUT2D eigenvalue weighted by Gasteiger charge is 2.19. The molecule has 0 spiro atoms. The minimum atomic E-state index is -0.753. The van der Waals surface area contributed by atoms with Crippen molar-refractivity contribution in [1.82, 2.24) is 15.1 Å². The fourth-order valence-electron chi connectivity index (χ4n) is 3.37. The number of aromatic nitrogens is 2. The van der Waals surface area contributed by atoms with E-state index in [9.17, 15) is 19.2 Å². The molecule has 0 fully saturated rings. The van der Waals surface area contributed by atoms with Crippen LogP contribution in [0.5, 0.6) is 0 Å². The molecule has 0 saturated carbocycles. The van der Waals surface area contributed by atoms with Gasteiger partial charge in [0.25, 0.3) is 5.56 Å². The molecule has 1 aromatic heterocycles. The van der Waals surface area contributed by atoms with Crippen molar-refractivity contribution in [2.24, 2.45) is 0 Å². The van der Waals surface area contributed by atoms with Gasteiger partial charge in [-0.1, -0.05) is 55.8 Å². The highest BCUT2D eigenvalue weighted by Crippen LogP contribution is 2.15. The molecular formula is C25H27N3O5. The maximum atomic E-state index is 12.8. The lowest BCUT2D eigenvalue weighted by Crippen LogP contribution is -2.27. The zero-order valence-corrected chi connectivity index (χ0v) is 18.8. The molecule has 0 aliphatic heterocycles. The molecule has 2 aromatic carbocycles. The van der Waals surface area contributed by atoms with E-state index in [1.165, 1.54) is 11.6 Å². The van der Waals surface area contributed by atoms with Gasteiger partial charge in [-0.05, 0) is 24.5 Å². The van der Waals surface area contributed by atoms with E-state index in [1.54, 1.807) is 48.5 Å². The van der Waals surface area contributed by atoms with E-state index in [0.717, 1.165) is 18.4 Å². The van der Waals surface area contributed by atoms with Crippen LogP contribution in [0.2, 0.25) is 0 Å². The molecule has 33 heavy (non-hydrogen) atoms. The molecule has 3 aromatic rings. The Labute approximate surface area is 191 Å². The standard InChI is InChI=1S/C25H27N3O5/c1-3-4-15-28-24(31)21-8-6-5-7-20(21)23(27-28)25(32)33-16-22(30)19-11-9-18(10-12-19)13-14-26-17(2)29/h5-12H,3-4,13-16H2,1-2H3,(H,26,29). The average molecular weight is 450 g/mol. The summed E-state index contributed by atoms with van der Waals surface area (Å²) in [4.78, 5) is 48.9. The normalized spacial score (nSPS) is 10.7. The number of nitrogens with one attached hydrogen (secondary N) is 1. The van der Waals surface area contributed by atoms with Crippen LogP contribution in [0, 0.1) is 0 Å². The van der Waals surface area contributed by atoms with Crippen LogP contribution >= 0.6 is 0 Å². The Balaban J connectivity index is 1.70. The van der Waals surface area contributed by atoms with Crippen LogP contribution in [-0.2, 0) is 22.5 Å². The highest BCUT2D eigenvalue weighted by atomic mass is 16.5. The number of nitrogens with zero attached hydrogens (tertiary/aromatic N) is 2. The third-order valence-corrected chi connectivity index (χ3v) is 5.18. The third kappa shape index (κ3) is 6.12. The Kier molecular flexibility index (Phi) is 8.07. The minimum absolute atomic E-state index is 0.0161. The molecule has 0 radical (unpaired) electrons. The summed E-state index contributed by atoms with van der Waals surface area (Å²) in [5.74, 6) is -1.19. The fourth-order valence-corrected chi connectivity index (χ4v) is 3.37. The third-order valence-electron chi connectivity index (χ3n) is 5.18. The van der Waals surface area contributed by atoms with Crippen LogP contribution in [0.3, 0.4) is 0 Å². The van der Waals surface area contributed by atoms with E-state index in [0.29, 0.717) is 35.8 Å². The number of amides is 1. The molecule has 8 nitrogen and oxygen atoms in total. The number of aryl methyl sites for hydroxylation is 1. The van der Waals surface area contributed by atoms with Gasteiger partial charge in [-0.25, -0.2) is 9.48 Å². The molecular weight excluding hydrogens is 422 g/mol. The lowest BCUT2D eigenvalue weighted by molar-refractivity contribution is -0.118. The largest absolute Gasteiger partial charge is 0.452 e. The highest BCUT2D eigenvalue weighted by molar-refractivity contribution is 6.04. The molecule has 1 amide bonds. The van der Waals surface area contributed by atoms with E-state index < -0.39 is 12.6 Å². The van der Waals surface area contributed by atoms with Gasteiger partial charge in [0.05, 0.1) is 5.39 Å². The maximum absolute atomic E-state index is 12.8. The Morgan fingerprint density at radius 2 is 1.73 bits per heavy atom. The minimum Gasteiger partial charge on any atom is -0.452 e. The second-order valence-electron chi connectivity index (χ2n) is 7.71. The summed E-state index contributed by atoms with van der Waals surface area (Å²) in [6, 6.07) is 13.7. The van der Waals surface area contributed by atoms with Gasteiger partial charge in [0, 0.05) is 31.0 Å². The van der Waals surface area contributed by atoms with Crippen molar-refractivity contribution in [3.63, 3.8) is 0 Å². The first-order valence-corrected chi connectivity index (χ1v) is 10.9. The van der Waals surface area contributed by atoms with E-state index in [-0.39, 0.29) is 22.9 Å². The van der Waals surface area contributed by atoms with Crippen molar-refractivity contribution in [3.05, 3.63) is 75.7 Å². The Morgan fingerprint density at radius 1 is 1.03 bits per heavy atom. The summed E-state index contributed by atoms with van der Waals surface area (Å²) in [6.45, 7) is 3.94. The number of fused-ring (bicyclic) bond motifs is 1. The van der Waals surface area contributed by atoms with E-state index in [2.05, 4.69) is 10.4 Å². The number of rotatable bonds is 10. The summed E-state index contributed by atoms with van der Waals surface area (Å²) in [5.41, 5.74) is 1.15. The molecule has 8 heteroatoms. The Bertz CT molecular complexity index is 1210. The fraction of sp³-hybridized carbons (Fsp3) is 0.320. The predicted molar refractivity (Wildman–Crippen MR) is 124 cm³/mol. The maximum Gasteiger partial charge on any atom is 0.359 e. The first-order chi connectivity index (χ1) is 15.9. The molecule has 1 heterocycles. The van der Waals surface area contributed by atoms with Crippen LogP contribution < -0.4 is 10.9 Å². The van der Waals surface area contributed by atoms with Crippen LogP contribution in [0.15, 0.2) is 53.3 Å². The zero-order chi connectivity index (χ0) is 23.8. The van der Waals surface area contributed by atoms with Crippen LogP contribution in [-0.4, -0.2) is 40.6 Å². The predicted octanol–water partition coefficient (Wildman–Crippen LogP) is 2.91. The van der Waals surface area contributed by atoms with E-state index in [4.69, 9.17) is 4.74 Å². The van der Waals surface area contributed by atoms with E-state index in [1.807, 2.05) is 6.92 Å². The summed E-state index contributed by atoms with van der Waals surface area (Å²) < 4.78 is 6.54. The molecule has 0 saturated heterocycles. The summed E-state index contributed by atoms with van der Waals surface area (Å²) >= 11 is 0. The van der Waals surface area contributed by atoms with Crippen molar-refractivity contribution in [2.75, 3.05) is 13.2 Å². The van der Waals surface area contributed by atoms with Crippen molar-refractivity contribution < 1.29 is 19.1 Å². The SMILES string of the molecule is CCCCn1nc(C(=O)OCC(=O)c2ccc(CCNC(C)=O)cc2)c2ccccc2c1=O. The molecule has 0 unspecified atom stereocenters. The summed E-state index contributed by atoms with van der Waals surface area (Å²) in [5, 5.41) is 7.73. The molecule has 3 rings (SSSR count). The topological polar surface area (TPSA) is 107 Å². The number of benzene rings is 2. The van der Waals surface area contributed by atoms with E-state index >= 15 is 0 Å². The van der Waals surface area contributed by atoms with Gasteiger partial charge >= 0.3 is 5.97 Å². The molecule has 0 aliphatic carbocycles. The van der Waals surface area contributed by atoms with Crippen LogP contribution in [0.4, 0.5) is 0 Å². The van der Waals surface area contributed by atoms with Gasteiger partial charge in [0.2, 0.25) is 5.91 Å². The zero-order valence-electron chi connectivity index (χ0n) is 18.8. The Morgan fingerprint density at radius 3 is 2.39 bits per heavy atom. The van der Waals surface area contributed by atoms with Crippen molar-refractivity contribution >= 4 is 28.4 Å². The second kappa shape index (κ2) is 11.2. The van der Waals surface area contributed by atoms with Crippen LogP contribution in [0.25, 0.3) is 10.8 Å². The summed E-state index contributed by atoms with van der Waals surface area (Å²) in [6.07, 6.45) is 2.27. The number of esters is 1. The number of carbonyl (C=O) groups is 3. The average Bonchev–Trinajstić information content (AvgIpc) is 2.82. The number of Topliss-reactive ketones (excluding diaryl/α,β-unsaturated/α-hetero) is 1. The van der Waals surface area contributed by atoms with Crippen LogP contribution in [0.1, 0.15) is 53.1 Å². The van der Waals surface area contributed by atoms with Gasteiger partial charge in [-0.15, -0.1) is 0 Å². The quantitative estimate of drug-likeness (QED) is 0.377. The number of hydrogen-bond donors (Lipinski definition) is 1. The Hall–Kier alpha value is -3.81. The van der Waals surface area contributed by atoms with Gasteiger partial charge in [0.15, 0.2) is 18.1 Å². The van der Waals surface area contributed by atoms with Crippen molar-refractivity contribution in [1.29, 1.82) is 0 Å². The molecule has 0 bridgehead atoms.